The van der Waals surface area contributed by atoms with Gasteiger partial charge in [-0.3, -0.25) is 4.79 Å². The predicted octanol–water partition coefficient (Wildman–Crippen LogP) is 0.479. The summed E-state index contributed by atoms with van der Waals surface area (Å²) in [5.74, 6) is 1.45. The second-order valence-electron chi connectivity index (χ2n) is 5.17. The van der Waals surface area contributed by atoms with Gasteiger partial charge in [-0.15, -0.1) is 0 Å². The minimum atomic E-state index is 0.0194. The van der Waals surface area contributed by atoms with Gasteiger partial charge in [-0.05, 0) is 25.8 Å². The molecule has 1 amide bonds. The standard InChI is InChI=1S/C12H22N2O2/c1-9-3-4-11(13-2)12(15)14(5-9)6-10-7-16-8-10/h9-11,13H,3-8H2,1-2H3. The van der Waals surface area contributed by atoms with E-state index in [2.05, 4.69) is 12.2 Å². The van der Waals surface area contributed by atoms with E-state index in [0.29, 0.717) is 11.8 Å². The minimum Gasteiger partial charge on any atom is -0.381 e. The molecule has 4 nitrogen and oxygen atoms in total. The van der Waals surface area contributed by atoms with Crippen LogP contribution in [0.3, 0.4) is 0 Å². The van der Waals surface area contributed by atoms with E-state index in [0.717, 1.165) is 39.1 Å². The Hall–Kier alpha value is -0.610. The van der Waals surface area contributed by atoms with Crippen LogP contribution in [0.1, 0.15) is 19.8 Å². The zero-order valence-corrected chi connectivity index (χ0v) is 10.2. The Bertz CT molecular complexity index is 253. The quantitative estimate of drug-likeness (QED) is 0.761. The van der Waals surface area contributed by atoms with Crippen LogP contribution in [0.4, 0.5) is 0 Å². The van der Waals surface area contributed by atoms with Crippen molar-refractivity contribution in [2.75, 3.05) is 33.4 Å². The van der Waals surface area contributed by atoms with Gasteiger partial charge in [0.25, 0.3) is 0 Å². The Balaban J connectivity index is 1.97. The first kappa shape index (κ1) is 11.9. The van der Waals surface area contributed by atoms with Crippen LogP contribution in [0.15, 0.2) is 0 Å². The molecule has 2 saturated heterocycles. The first-order valence-corrected chi connectivity index (χ1v) is 6.24. The molecule has 2 aliphatic rings. The van der Waals surface area contributed by atoms with Crippen LogP contribution in [-0.4, -0.2) is 50.2 Å². The average Bonchev–Trinajstić information content (AvgIpc) is 2.33. The molecular formula is C12H22N2O2. The Morgan fingerprint density at radius 3 is 2.75 bits per heavy atom. The Kier molecular flexibility index (Phi) is 3.82. The number of rotatable bonds is 3. The lowest BCUT2D eigenvalue weighted by Crippen LogP contribution is -2.48. The molecule has 0 aromatic heterocycles. The minimum absolute atomic E-state index is 0.0194. The number of likely N-dealkylation sites (tertiary alicyclic amines) is 1. The molecule has 2 fully saturated rings. The van der Waals surface area contributed by atoms with Crippen molar-refractivity contribution in [3.8, 4) is 0 Å². The average molecular weight is 226 g/mol. The number of hydrogen-bond donors (Lipinski definition) is 1. The molecule has 0 aromatic carbocycles. The SMILES string of the molecule is CNC1CCC(C)CN(CC2COC2)C1=O. The fourth-order valence-electron chi connectivity index (χ4n) is 2.49. The molecule has 0 saturated carbocycles. The number of carbonyl (C=O) groups excluding carboxylic acids is 1. The largest absolute Gasteiger partial charge is 0.381 e. The molecule has 0 aliphatic carbocycles. The summed E-state index contributed by atoms with van der Waals surface area (Å²) in [6.07, 6.45) is 2.10. The number of amides is 1. The van der Waals surface area contributed by atoms with Gasteiger partial charge in [-0.2, -0.15) is 0 Å². The third-order valence-corrected chi connectivity index (χ3v) is 3.62. The number of likely N-dealkylation sites (N-methyl/N-ethyl adjacent to an activating group) is 1. The van der Waals surface area contributed by atoms with E-state index in [4.69, 9.17) is 4.74 Å². The van der Waals surface area contributed by atoms with Crippen LogP contribution >= 0.6 is 0 Å². The van der Waals surface area contributed by atoms with Crippen molar-refractivity contribution in [3.63, 3.8) is 0 Å². The van der Waals surface area contributed by atoms with Gasteiger partial charge in [0.05, 0.1) is 19.3 Å². The van der Waals surface area contributed by atoms with E-state index >= 15 is 0 Å². The maximum atomic E-state index is 12.2. The Morgan fingerprint density at radius 1 is 1.44 bits per heavy atom. The van der Waals surface area contributed by atoms with E-state index < -0.39 is 0 Å². The fraction of sp³-hybridized carbons (Fsp3) is 0.917. The van der Waals surface area contributed by atoms with Crippen molar-refractivity contribution in [2.45, 2.75) is 25.8 Å². The molecule has 2 heterocycles. The monoisotopic (exact) mass is 226 g/mol. The predicted molar refractivity (Wildman–Crippen MR) is 62.1 cm³/mol. The molecular weight excluding hydrogens is 204 g/mol. The van der Waals surface area contributed by atoms with Crippen molar-refractivity contribution in [2.24, 2.45) is 11.8 Å². The molecule has 0 aromatic rings. The highest BCUT2D eigenvalue weighted by Crippen LogP contribution is 2.20. The van der Waals surface area contributed by atoms with E-state index in [-0.39, 0.29) is 11.9 Å². The smallest absolute Gasteiger partial charge is 0.239 e. The maximum Gasteiger partial charge on any atom is 0.239 e. The second kappa shape index (κ2) is 5.15. The van der Waals surface area contributed by atoms with E-state index in [1.807, 2.05) is 11.9 Å². The summed E-state index contributed by atoms with van der Waals surface area (Å²) in [5.41, 5.74) is 0. The van der Waals surface area contributed by atoms with Gasteiger partial charge in [0, 0.05) is 19.0 Å². The summed E-state index contributed by atoms with van der Waals surface area (Å²) in [6.45, 7) is 5.66. The molecule has 92 valence electrons. The van der Waals surface area contributed by atoms with Crippen molar-refractivity contribution >= 4 is 5.91 Å². The van der Waals surface area contributed by atoms with Crippen LogP contribution in [0.2, 0.25) is 0 Å². The molecule has 2 rings (SSSR count). The van der Waals surface area contributed by atoms with Gasteiger partial charge >= 0.3 is 0 Å². The molecule has 2 aliphatic heterocycles. The van der Waals surface area contributed by atoms with Crippen molar-refractivity contribution in [1.82, 2.24) is 10.2 Å². The van der Waals surface area contributed by atoms with Crippen molar-refractivity contribution in [1.29, 1.82) is 0 Å². The van der Waals surface area contributed by atoms with Gasteiger partial charge in [0.15, 0.2) is 0 Å². The number of hydrogen-bond acceptors (Lipinski definition) is 3. The number of nitrogens with zero attached hydrogens (tertiary/aromatic N) is 1. The second-order valence-corrected chi connectivity index (χ2v) is 5.17. The maximum absolute atomic E-state index is 12.2. The lowest BCUT2D eigenvalue weighted by Gasteiger charge is -2.33. The number of carbonyl (C=O) groups is 1. The van der Waals surface area contributed by atoms with Gasteiger partial charge in [-0.25, -0.2) is 0 Å². The summed E-state index contributed by atoms with van der Waals surface area (Å²) in [6, 6.07) is 0.0194. The Morgan fingerprint density at radius 2 is 2.19 bits per heavy atom. The molecule has 0 spiro atoms. The third-order valence-electron chi connectivity index (χ3n) is 3.62. The molecule has 4 heteroatoms. The third kappa shape index (κ3) is 2.55. The summed E-state index contributed by atoms with van der Waals surface area (Å²) in [5, 5.41) is 3.13. The van der Waals surface area contributed by atoms with E-state index in [9.17, 15) is 4.79 Å². The van der Waals surface area contributed by atoms with E-state index in [1.165, 1.54) is 0 Å². The Labute approximate surface area is 97.3 Å². The summed E-state index contributed by atoms with van der Waals surface area (Å²) in [7, 11) is 1.88. The van der Waals surface area contributed by atoms with Crippen LogP contribution in [0.5, 0.6) is 0 Å². The number of nitrogens with one attached hydrogen (secondary N) is 1. The zero-order chi connectivity index (χ0) is 11.5. The van der Waals surface area contributed by atoms with Gasteiger partial charge in [-0.1, -0.05) is 6.92 Å². The van der Waals surface area contributed by atoms with Crippen LogP contribution in [0.25, 0.3) is 0 Å². The molecule has 2 unspecified atom stereocenters. The molecule has 2 atom stereocenters. The highest BCUT2D eigenvalue weighted by Gasteiger charge is 2.31. The topological polar surface area (TPSA) is 41.6 Å². The van der Waals surface area contributed by atoms with Crippen LogP contribution in [-0.2, 0) is 9.53 Å². The molecule has 0 radical (unpaired) electrons. The van der Waals surface area contributed by atoms with Crippen LogP contribution in [0, 0.1) is 11.8 Å². The highest BCUT2D eigenvalue weighted by molar-refractivity contribution is 5.82. The summed E-state index contributed by atoms with van der Waals surface area (Å²) < 4.78 is 5.17. The van der Waals surface area contributed by atoms with Crippen molar-refractivity contribution < 1.29 is 9.53 Å². The van der Waals surface area contributed by atoms with Crippen LogP contribution < -0.4 is 5.32 Å². The zero-order valence-electron chi connectivity index (χ0n) is 10.2. The van der Waals surface area contributed by atoms with Crippen molar-refractivity contribution in [3.05, 3.63) is 0 Å². The van der Waals surface area contributed by atoms with Gasteiger partial charge in [0.2, 0.25) is 5.91 Å². The molecule has 1 N–H and O–H groups in total. The fourth-order valence-corrected chi connectivity index (χ4v) is 2.49. The summed E-state index contributed by atoms with van der Waals surface area (Å²) in [4.78, 5) is 14.3. The van der Waals surface area contributed by atoms with Gasteiger partial charge in [0.1, 0.15) is 0 Å². The first-order valence-electron chi connectivity index (χ1n) is 6.24. The normalized spacial score (nSPS) is 32.4. The molecule has 0 bridgehead atoms. The molecule has 16 heavy (non-hydrogen) atoms. The lowest BCUT2D eigenvalue weighted by atomic mass is 10.0. The number of ether oxygens (including phenoxy) is 1. The van der Waals surface area contributed by atoms with Gasteiger partial charge < -0.3 is 15.0 Å². The lowest BCUT2D eigenvalue weighted by molar-refractivity contribution is -0.136. The first-order chi connectivity index (χ1) is 7.70. The highest BCUT2D eigenvalue weighted by atomic mass is 16.5. The van der Waals surface area contributed by atoms with E-state index in [1.54, 1.807) is 0 Å². The summed E-state index contributed by atoms with van der Waals surface area (Å²) >= 11 is 0.